The molecule has 0 aromatic heterocycles. The lowest BCUT2D eigenvalue weighted by molar-refractivity contribution is -0.128. The van der Waals surface area contributed by atoms with Crippen molar-refractivity contribution in [3.05, 3.63) is 24.3 Å². The van der Waals surface area contributed by atoms with Crippen LogP contribution in [-0.2, 0) is 9.53 Å². The summed E-state index contributed by atoms with van der Waals surface area (Å²) in [4.78, 5) is 26.3. The minimum atomic E-state index is -0.462. The van der Waals surface area contributed by atoms with E-state index in [2.05, 4.69) is 16.0 Å². The molecule has 0 spiro atoms. The van der Waals surface area contributed by atoms with Gasteiger partial charge in [-0.15, -0.1) is 0 Å². The zero-order valence-corrected chi connectivity index (χ0v) is 14.4. The number of urea groups is 1. The first-order chi connectivity index (χ1) is 12.2. The number of hydrogen-bond donors (Lipinski definition) is 3. The molecule has 0 radical (unpaired) electrons. The van der Waals surface area contributed by atoms with Crippen molar-refractivity contribution in [2.24, 2.45) is 0 Å². The molecule has 7 heteroatoms. The Labute approximate surface area is 148 Å². The van der Waals surface area contributed by atoms with Gasteiger partial charge in [-0.1, -0.05) is 12.8 Å². The van der Waals surface area contributed by atoms with Gasteiger partial charge in [0.05, 0.1) is 6.61 Å². The van der Waals surface area contributed by atoms with Crippen molar-refractivity contribution >= 4 is 23.3 Å². The molecule has 2 fully saturated rings. The lowest BCUT2D eigenvalue weighted by atomic mass is 10.2. The van der Waals surface area contributed by atoms with Crippen LogP contribution in [0.5, 0.6) is 0 Å². The zero-order valence-electron chi connectivity index (χ0n) is 14.4. The highest BCUT2D eigenvalue weighted by Gasteiger charge is 2.21. The normalized spacial score (nSPS) is 21.3. The molecule has 3 N–H and O–H groups in total. The third-order valence-electron chi connectivity index (χ3n) is 4.52. The van der Waals surface area contributed by atoms with Crippen LogP contribution in [0.3, 0.4) is 0 Å². The molecule has 2 heterocycles. The summed E-state index contributed by atoms with van der Waals surface area (Å²) in [6.07, 6.45) is 4.06. The van der Waals surface area contributed by atoms with Crippen molar-refractivity contribution in [3.8, 4) is 0 Å². The van der Waals surface area contributed by atoms with Gasteiger partial charge in [0.1, 0.15) is 6.10 Å². The molecule has 1 aromatic rings. The molecular formula is C18H26N4O3. The number of ether oxygens (including phenoxy) is 1. The predicted molar refractivity (Wildman–Crippen MR) is 96.7 cm³/mol. The van der Waals surface area contributed by atoms with E-state index in [1.54, 1.807) is 24.3 Å². The second kappa shape index (κ2) is 8.82. The molecular weight excluding hydrogens is 320 g/mol. The first-order valence-corrected chi connectivity index (χ1v) is 9.01. The lowest BCUT2D eigenvalue weighted by Gasteiger charge is -2.23. The Kier molecular flexibility index (Phi) is 6.25. The SMILES string of the molecule is O=C(Nc1ccc(NC(=O)N2CCCCCC2)cc1)C1CNCCO1. The topological polar surface area (TPSA) is 82.7 Å². The van der Waals surface area contributed by atoms with E-state index in [4.69, 9.17) is 4.74 Å². The van der Waals surface area contributed by atoms with Crippen LogP contribution < -0.4 is 16.0 Å². The summed E-state index contributed by atoms with van der Waals surface area (Å²) < 4.78 is 5.43. The van der Waals surface area contributed by atoms with E-state index in [0.717, 1.165) is 38.2 Å². The molecule has 25 heavy (non-hydrogen) atoms. The molecule has 1 aromatic carbocycles. The van der Waals surface area contributed by atoms with Gasteiger partial charge >= 0.3 is 6.03 Å². The van der Waals surface area contributed by atoms with Crippen LogP contribution in [0.25, 0.3) is 0 Å². The Bertz CT molecular complexity index is 576. The molecule has 2 aliphatic heterocycles. The highest BCUT2D eigenvalue weighted by atomic mass is 16.5. The van der Waals surface area contributed by atoms with Crippen molar-refractivity contribution < 1.29 is 14.3 Å². The zero-order chi connectivity index (χ0) is 17.5. The second-order valence-corrected chi connectivity index (χ2v) is 6.46. The van der Waals surface area contributed by atoms with E-state index in [1.165, 1.54) is 12.8 Å². The van der Waals surface area contributed by atoms with Gasteiger partial charge in [0.15, 0.2) is 0 Å². The second-order valence-electron chi connectivity index (χ2n) is 6.46. The Hall–Kier alpha value is -2.12. The molecule has 0 saturated carbocycles. The summed E-state index contributed by atoms with van der Waals surface area (Å²) in [5.74, 6) is -0.159. The summed E-state index contributed by atoms with van der Waals surface area (Å²) in [6, 6.07) is 7.11. The average Bonchev–Trinajstić information content (AvgIpc) is 2.93. The van der Waals surface area contributed by atoms with Gasteiger partial charge in [-0.25, -0.2) is 4.79 Å². The van der Waals surface area contributed by atoms with E-state index in [0.29, 0.717) is 18.8 Å². The molecule has 7 nitrogen and oxygen atoms in total. The van der Waals surface area contributed by atoms with Crippen LogP contribution in [0.15, 0.2) is 24.3 Å². The van der Waals surface area contributed by atoms with Gasteiger partial charge in [-0.2, -0.15) is 0 Å². The average molecular weight is 346 g/mol. The molecule has 0 aliphatic carbocycles. The monoisotopic (exact) mass is 346 g/mol. The molecule has 2 aliphatic rings. The fourth-order valence-corrected chi connectivity index (χ4v) is 3.07. The number of rotatable bonds is 3. The van der Waals surface area contributed by atoms with E-state index < -0.39 is 6.10 Å². The number of likely N-dealkylation sites (tertiary alicyclic amines) is 1. The van der Waals surface area contributed by atoms with Crippen LogP contribution in [0.1, 0.15) is 25.7 Å². The molecule has 1 atom stereocenters. The number of anilines is 2. The number of benzene rings is 1. The highest BCUT2D eigenvalue weighted by Crippen LogP contribution is 2.16. The minimum Gasteiger partial charge on any atom is -0.366 e. The number of morpholine rings is 1. The maximum atomic E-state index is 12.3. The number of nitrogens with zero attached hydrogens (tertiary/aromatic N) is 1. The van der Waals surface area contributed by atoms with Crippen LogP contribution in [0.4, 0.5) is 16.2 Å². The summed E-state index contributed by atoms with van der Waals surface area (Å²) >= 11 is 0. The Balaban J connectivity index is 1.51. The minimum absolute atomic E-state index is 0.0552. The van der Waals surface area contributed by atoms with Crippen LogP contribution in [-0.4, -0.2) is 55.7 Å². The maximum Gasteiger partial charge on any atom is 0.321 e. The van der Waals surface area contributed by atoms with Crippen molar-refractivity contribution in [3.63, 3.8) is 0 Å². The Morgan fingerprint density at radius 3 is 2.24 bits per heavy atom. The van der Waals surface area contributed by atoms with Gasteiger partial charge in [0, 0.05) is 37.6 Å². The summed E-state index contributed by atoms with van der Waals surface area (Å²) in [7, 11) is 0. The maximum absolute atomic E-state index is 12.3. The Morgan fingerprint density at radius 1 is 1.00 bits per heavy atom. The molecule has 0 bridgehead atoms. The molecule has 2 saturated heterocycles. The Morgan fingerprint density at radius 2 is 1.64 bits per heavy atom. The van der Waals surface area contributed by atoms with E-state index in [1.807, 2.05) is 4.90 Å². The van der Waals surface area contributed by atoms with Gasteiger partial charge in [0.2, 0.25) is 0 Å². The largest absolute Gasteiger partial charge is 0.366 e. The summed E-state index contributed by atoms with van der Waals surface area (Å²) in [6.45, 7) is 3.47. The van der Waals surface area contributed by atoms with E-state index in [9.17, 15) is 9.59 Å². The van der Waals surface area contributed by atoms with Crippen LogP contribution in [0, 0.1) is 0 Å². The third kappa shape index (κ3) is 5.17. The third-order valence-corrected chi connectivity index (χ3v) is 4.52. The number of carbonyl (C=O) groups is 2. The van der Waals surface area contributed by atoms with Gasteiger partial charge in [0.25, 0.3) is 5.91 Å². The van der Waals surface area contributed by atoms with Crippen LogP contribution in [0.2, 0.25) is 0 Å². The molecule has 3 amide bonds. The quantitative estimate of drug-likeness (QED) is 0.782. The van der Waals surface area contributed by atoms with Gasteiger partial charge in [-0.3, -0.25) is 4.79 Å². The lowest BCUT2D eigenvalue weighted by Crippen LogP contribution is -2.45. The molecule has 136 valence electrons. The predicted octanol–water partition coefficient (Wildman–Crippen LogP) is 2.02. The number of nitrogens with one attached hydrogen (secondary N) is 3. The van der Waals surface area contributed by atoms with Crippen molar-refractivity contribution in [2.45, 2.75) is 31.8 Å². The number of carbonyl (C=O) groups excluding carboxylic acids is 2. The van der Waals surface area contributed by atoms with Crippen molar-refractivity contribution in [2.75, 3.05) is 43.4 Å². The highest BCUT2D eigenvalue weighted by molar-refractivity contribution is 5.95. The van der Waals surface area contributed by atoms with Crippen LogP contribution >= 0.6 is 0 Å². The van der Waals surface area contributed by atoms with Crippen molar-refractivity contribution in [1.29, 1.82) is 0 Å². The van der Waals surface area contributed by atoms with E-state index >= 15 is 0 Å². The fraction of sp³-hybridized carbons (Fsp3) is 0.556. The molecule has 3 rings (SSSR count). The van der Waals surface area contributed by atoms with E-state index in [-0.39, 0.29) is 11.9 Å². The standard InChI is InChI=1S/C18H26N4O3/c23-17(16-13-19-9-12-25-16)20-14-5-7-15(8-6-14)21-18(24)22-10-3-1-2-4-11-22/h5-8,16,19H,1-4,9-13H2,(H,20,23)(H,21,24). The summed E-state index contributed by atoms with van der Waals surface area (Å²) in [5, 5.41) is 8.89. The number of hydrogen-bond acceptors (Lipinski definition) is 4. The first kappa shape index (κ1) is 17.7. The smallest absolute Gasteiger partial charge is 0.321 e. The number of amides is 3. The van der Waals surface area contributed by atoms with Crippen molar-refractivity contribution in [1.82, 2.24) is 10.2 Å². The molecule has 1 unspecified atom stereocenters. The fourth-order valence-electron chi connectivity index (χ4n) is 3.07. The first-order valence-electron chi connectivity index (χ1n) is 9.01. The van der Waals surface area contributed by atoms with Gasteiger partial charge in [-0.05, 0) is 37.1 Å². The van der Waals surface area contributed by atoms with Gasteiger partial charge < -0.3 is 25.6 Å². The summed E-state index contributed by atoms with van der Waals surface area (Å²) in [5.41, 5.74) is 1.41.